The van der Waals surface area contributed by atoms with Gasteiger partial charge in [0, 0.05) is 24.2 Å². The number of nitrogens with zero attached hydrogens (tertiary/aromatic N) is 2. The first-order valence-corrected chi connectivity index (χ1v) is 7.37. The van der Waals surface area contributed by atoms with Crippen molar-refractivity contribution in [2.75, 3.05) is 25.0 Å². The molecular formula is C17H22N2O. The number of hydrogen-bond donors (Lipinski definition) is 0. The molecule has 0 spiro atoms. The number of amides is 1. The van der Waals surface area contributed by atoms with Gasteiger partial charge in [0.25, 0.3) is 5.91 Å². The standard InChI is InChI=1S/C17H22N2O/c1-4-5-17(20)19-15-7-6-12(2)10-13(15)14-11-18(3)9-8-16(14)19/h4-7,10,14,16H,8-9,11H2,1-3H3/b5-4+/t14-,16-/m1/s1. The Bertz CT molecular complexity index is 564. The van der Waals surface area contributed by atoms with Gasteiger partial charge in [0.2, 0.25) is 0 Å². The van der Waals surface area contributed by atoms with Crippen LogP contribution in [0.4, 0.5) is 5.69 Å². The molecule has 0 aromatic heterocycles. The van der Waals surface area contributed by atoms with Crippen LogP contribution < -0.4 is 4.90 Å². The van der Waals surface area contributed by atoms with Crippen molar-refractivity contribution in [1.82, 2.24) is 4.90 Å². The molecule has 0 aliphatic carbocycles. The lowest BCUT2D eigenvalue weighted by Crippen LogP contribution is -2.46. The quantitative estimate of drug-likeness (QED) is 0.733. The zero-order chi connectivity index (χ0) is 14.3. The largest absolute Gasteiger partial charge is 0.306 e. The van der Waals surface area contributed by atoms with Crippen LogP contribution in [-0.2, 0) is 4.79 Å². The topological polar surface area (TPSA) is 23.6 Å². The van der Waals surface area contributed by atoms with Gasteiger partial charge in [0.05, 0.1) is 0 Å². The van der Waals surface area contributed by atoms with Crippen molar-refractivity contribution in [1.29, 1.82) is 0 Å². The van der Waals surface area contributed by atoms with E-state index in [-0.39, 0.29) is 5.91 Å². The number of benzene rings is 1. The van der Waals surface area contributed by atoms with Crippen molar-refractivity contribution in [3.05, 3.63) is 41.5 Å². The van der Waals surface area contributed by atoms with Crippen LogP contribution in [0.5, 0.6) is 0 Å². The molecular weight excluding hydrogens is 248 g/mol. The van der Waals surface area contributed by atoms with E-state index in [2.05, 4.69) is 37.1 Å². The summed E-state index contributed by atoms with van der Waals surface area (Å²) in [5.74, 6) is 0.576. The minimum atomic E-state index is 0.120. The maximum Gasteiger partial charge on any atom is 0.250 e. The molecule has 0 bridgehead atoms. The van der Waals surface area contributed by atoms with Gasteiger partial charge in [-0.3, -0.25) is 4.79 Å². The molecule has 1 aromatic carbocycles. The number of anilines is 1. The van der Waals surface area contributed by atoms with Crippen LogP contribution in [0.25, 0.3) is 0 Å². The summed E-state index contributed by atoms with van der Waals surface area (Å²) < 4.78 is 0. The minimum Gasteiger partial charge on any atom is -0.306 e. The normalized spacial score (nSPS) is 25.9. The Labute approximate surface area is 120 Å². The second kappa shape index (κ2) is 5.06. The number of carbonyl (C=O) groups is 1. The summed E-state index contributed by atoms with van der Waals surface area (Å²) in [7, 11) is 2.17. The molecule has 2 aliphatic rings. The summed E-state index contributed by atoms with van der Waals surface area (Å²) in [6.45, 7) is 6.13. The number of allylic oxidation sites excluding steroid dienone is 1. The number of likely N-dealkylation sites (N-methyl/N-ethyl adjacent to an activating group) is 1. The summed E-state index contributed by atoms with van der Waals surface area (Å²) in [6, 6.07) is 6.81. The van der Waals surface area contributed by atoms with Crippen LogP contribution in [0.3, 0.4) is 0 Å². The molecule has 3 heteroatoms. The van der Waals surface area contributed by atoms with Crippen LogP contribution in [0.1, 0.15) is 30.4 Å². The van der Waals surface area contributed by atoms with E-state index in [1.54, 1.807) is 6.08 Å². The summed E-state index contributed by atoms with van der Waals surface area (Å²) in [6.07, 6.45) is 4.57. The maximum absolute atomic E-state index is 12.5. The molecule has 1 amide bonds. The first kappa shape index (κ1) is 13.4. The molecule has 106 valence electrons. The fourth-order valence-corrected chi connectivity index (χ4v) is 3.59. The number of rotatable bonds is 1. The van der Waals surface area contributed by atoms with E-state index in [9.17, 15) is 4.79 Å². The van der Waals surface area contributed by atoms with Gasteiger partial charge in [-0.15, -0.1) is 0 Å². The third-order valence-corrected chi connectivity index (χ3v) is 4.50. The number of likely N-dealkylation sites (tertiary alicyclic amines) is 1. The number of aryl methyl sites for hydroxylation is 1. The van der Waals surface area contributed by atoms with Crippen molar-refractivity contribution < 1.29 is 4.79 Å². The smallest absolute Gasteiger partial charge is 0.250 e. The number of hydrogen-bond acceptors (Lipinski definition) is 2. The van der Waals surface area contributed by atoms with Gasteiger partial charge >= 0.3 is 0 Å². The molecule has 3 nitrogen and oxygen atoms in total. The van der Waals surface area contributed by atoms with Crippen LogP contribution in [0, 0.1) is 6.92 Å². The lowest BCUT2D eigenvalue weighted by molar-refractivity contribution is -0.114. The monoisotopic (exact) mass is 270 g/mol. The molecule has 1 aromatic rings. The van der Waals surface area contributed by atoms with Gasteiger partial charge in [-0.25, -0.2) is 0 Å². The van der Waals surface area contributed by atoms with Crippen molar-refractivity contribution in [3.63, 3.8) is 0 Å². The lowest BCUT2D eigenvalue weighted by atomic mass is 9.89. The van der Waals surface area contributed by atoms with Crippen molar-refractivity contribution >= 4 is 11.6 Å². The Kier molecular flexibility index (Phi) is 3.38. The van der Waals surface area contributed by atoms with Gasteiger partial charge in [-0.05, 0) is 51.6 Å². The molecule has 0 N–H and O–H groups in total. The van der Waals surface area contributed by atoms with Crippen LogP contribution in [0.2, 0.25) is 0 Å². The van der Waals surface area contributed by atoms with E-state index in [0.717, 1.165) is 25.2 Å². The molecule has 0 radical (unpaired) electrons. The van der Waals surface area contributed by atoms with Crippen molar-refractivity contribution in [2.24, 2.45) is 0 Å². The minimum absolute atomic E-state index is 0.120. The highest BCUT2D eigenvalue weighted by atomic mass is 16.2. The second-order valence-electron chi connectivity index (χ2n) is 6.00. The van der Waals surface area contributed by atoms with Gasteiger partial charge in [0.15, 0.2) is 0 Å². The summed E-state index contributed by atoms with van der Waals surface area (Å²) >= 11 is 0. The molecule has 2 atom stereocenters. The third-order valence-electron chi connectivity index (χ3n) is 4.50. The highest BCUT2D eigenvalue weighted by Gasteiger charge is 2.43. The highest BCUT2D eigenvalue weighted by molar-refractivity contribution is 6.03. The molecule has 20 heavy (non-hydrogen) atoms. The van der Waals surface area contributed by atoms with E-state index in [1.165, 1.54) is 11.1 Å². The average molecular weight is 270 g/mol. The number of piperidine rings is 1. The molecule has 1 fully saturated rings. The van der Waals surface area contributed by atoms with Crippen molar-refractivity contribution in [3.8, 4) is 0 Å². The van der Waals surface area contributed by atoms with Crippen LogP contribution in [0.15, 0.2) is 30.4 Å². The molecule has 0 unspecified atom stereocenters. The molecule has 0 saturated carbocycles. The van der Waals surface area contributed by atoms with E-state index < -0.39 is 0 Å². The van der Waals surface area contributed by atoms with Crippen LogP contribution >= 0.6 is 0 Å². The van der Waals surface area contributed by atoms with Gasteiger partial charge < -0.3 is 9.80 Å². The zero-order valence-electron chi connectivity index (χ0n) is 12.5. The number of carbonyl (C=O) groups excluding carboxylic acids is 1. The predicted molar refractivity (Wildman–Crippen MR) is 82.1 cm³/mol. The molecule has 2 heterocycles. The SMILES string of the molecule is C/C=C/C(=O)N1c2ccc(C)cc2[C@H]2CN(C)CC[C@H]21. The molecule has 2 aliphatic heterocycles. The van der Waals surface area contributed by atoms with Gasteiger partial charge in [-0.2, -0.15) is 0 Å². The molecule has 1 saturated heterocycles. The fraction of sp³-hybridized carbons (Fsp3) is 0.471. The third kappa shape index (κ3) is 2.06. The number of fused-ring (bicyclic) bond motifs is 3. The Hall–Kier alpha value is -1.61. The Morgan fingerprint density at radius 3 is 2.95 bits per heavy atom. The van der Waals surface area contributed by atoms with Crippen LogP contribution in [-0.4, -0.2) is 37.0 Å². The summed E-state index contributed by atoms with van der Waals surface area (Å²) in [4.78, 5) is 16.8. The van der Waals surface area contributed by atoms with E-state index >= 15 is 0 Å². The maximum atomic E-state index is 12.5. The van der Waals surface area contributed by atoms with Gasteiger partial charge in [-0.1, -0.05) is 23.8 Å². The summed E-state index contributed by atoms with van der Waals surface area (Å²) in [5, 5.41) is 0. The summed E-state index contributed by atoms with van der Waals surface area (Å²) in [5.41, 5.74) is 3.74. The fourth-order valence-electron chi connectivity index (χ4n) is 3.59. The van der Waals surface area contributed by atoms with Crippen molar-refractivity contribution in [2.45, 2.75) is 32.2 Å². The lowest BCUT2D eigenvalue weighted by Gasteiger charge is -2.36. The van der Waals surface area contributed by atoms with Gasteiger partial charge in [0.1, 0.15) is 0 Å². The predicted octanol–water partition coefficient (Wildman–Crippen LogP) is 2.71. The highest BCUT2D eigenvalue weighted by Crippen LogP contribution is 2.44. The first-order valence-electron chi connectivity index (χ1n) is 7.37. The van der Waals surface area contributed by atoms with E-state index in [1.807, 2.05) is 17.9 Å². The Morgan fingerprint density at radius 1 is 1.40 bits per heavy atom. The first-order chi connectivity index (χ1) is 9.61. The molecule has 3 rings (SSSR count). The Morgan fingerprint density at radius 2 is 2.20 bits per heavy atom. The van der Waals surface area contributed by atoms with E-state index in [4.69, 9.17) is 0 Å². The Balaban J connectivity index is 2.06. The second-order valence-corrected chi connectivity index (χ2v) is 6.00. The van der Waals surface area contributed by atoms with E-state index in [0.29, 0.717) is 12.0 Å². The zero-order valence-corrected chi connectivity index (χ0v) is 12.5. The average Bonchev–Trinajstić information content (AvgIpc) is 2.72.